The van der Waals surface area contributed by atoms with Crippen molar-refractivity contribution in [2.45, 2.75) is 18.9 Å². The minimum absolute atomic E-state index is 0.0784. The van der Waals surface area contributed by atoms with E-state index in [1.165, 1.54) is 22.7 Å². The van der Waals surface area contributed by atoms with E-state index in [1.807, 2.05) is 0 Å². The Morgan fingerprint density at radius 3 is 2.52 bits per heavy atom. The van der Waals surface area contributed by atoms with Crippen LogP contribution in [0.3, 0.4) is 0 Å². The smallest absolute Gasteiger partial charge is 0.271 e. The van der Waals surface area contributed by atoms with Crippen molar-refractivity contribution in [3.05, 3.63) is 28.0 Å². The van der Waals surface area contributed by atoms with E-state index >= 15 is 0 Å². The second-order valence-corrected chi connectivity index (χ2v) is 7.65. The van der Waals surface area contributed by atoms with E-state index in [-0.39, 0.29) is 21.9 Å². The molecular formula is C12H15Cl2N3O3S. The predicted octanol–water partition coefficient (Wildman–Crippen LogP) is 1.54. The second kappa shape index (κ2) is 6.48. The number of amides is 1. The first kappa shape index (κ1) is 16.5. The number of carbonyl (C=O) groups is 1. The maximum Gasteiger partial charge on any atom is 0.271 e. The van der Waals surface area contributed by atoms with Gasteiger partial charge in [-0.05, 0) is 25.0 Å². The molecule has 1 aliphatic rings. The van der Waals surface area contributed by atoms with Crippen LogP contribution in [0.1, 0.15) is 23.3 Å². The van der Waals surface area contributed by atoms with Gasteiger partial charge in [-0.2, -0.15) is 0 Å². The van der Waals surface area contributed by atoms with Gasteiger partial charge >= 0.3 is 0 Å². The Balaban J connectivity index is 1.97. The third-order valence-electron chi connectivity index (χ3n) is 3.29. The molecule has 21 heavy (non-hydrogen) atoms. The molecule has 0 saturated carbocycles. The molecule has 0 atom stereocenters. The third kappa shape index (κ3) is 4.29. The quantitative estimate of drug-likeness (QED) is 0.837. The fourth-order valence-corrected chi connectivity index (χ4v) is 3.38. The van der Waals surface area contributed by atoms with Gasteiger partial charge in [0.2, 0.25) is 10.0 Å². The van der Waals surface area contributed by atoms with Crippen molar-refractivity contribution in [2.75, 3.05) is 19.3 Å². The Morgan fingerprint density at radius 2 is 1.95 bits per heavy atom. The SMILES string of the molecule is CS(=O)(=O)N1CCC(NC(=O)c2nc(Cl)ccc2Cl)CC1. The van der Waals surface area contributed by atoms with E-state index in [0.29, 0.717) is 25.9 Å². The van der Waals surface area contributed by atoms with Crippen molar-refractivity contribution in [1.82, 2.24) is 14.6 Å². The Kier molecular flexibility index (Phi) is 5.08. The molecule has 1 saturated heterocycles. The molecule has 0 bridgehead atoms. The van der Waals surface area contributed by atoms with E-state index in [0.717, 1.165) is 0 Å². The largest absolute Gasteiger partial charge is 0.348 e. The van der Waals surface area contributed by atoms with Crippen molar-refractivity contribution >= 4 is 39.1 Å². The summed E-state index contributed by atoms with van der Waals surface area (Å²) in [5, 5.41) is 3.23. The summed E-state index contributed by atoms with van der Waals surface area (Å²) in [6.07, 6.45) is 2.29. The molecule has 0 aliphatic carbocycles. The highest BCUT2D eigenvalue weighted by Crippen LogP contribution is 2.18. The molecule has 6 nitrogen and oxygen atoms in total. The Bertz CT molecular complexity index is 643. The number of nitrogens with one attached hydrogen (secondary N) is 1. The van der Waals surface area contributed by atoms with Crippen LogP contribution in [0, 0.1) is 0 Å². The van der Waals surface area contributed by atoms with E-state index in [4.69, 9.17) is 23.2 Å². The summed E-state index contributed by atoms with van der Waals surface area (Å²) in [6, 6.07) is 2.91. The zero-order valence-electron chi connectivity index (χ0n) is 11.3. The molecule has 0 spiro atoms. The second-order valence-electron chi connectivity index (χ2n) is 4.87. The number of carbonyl (C=O) groups excluding carboxylic acids is 1. The van der Waals surface area contributed by atoms with Crippen molar-refractivity contribution in [1.29, 1.82) is 0 Å². The highest BCUT2D eigenvalue weighted by atomic mass is 35.5. The fourth-order valence-electron chi connectivity index (χ4n) is 2.16. The molecule has 9 heteroatoms. The molecule has 116 valence electrons. The van der Waals surface area contributed by atoms with E-state index in [2.05, 4.69) is 10.3 Å². The summed E-state index contributed by atoms with van der Waals surface area (Å²) in [5.41, 5.74) is 0.0784. The number of hydrogen-bond donors (Lipinski definition) is 1. The van der Waals surface area contributed by atoms with Gasteiger partial charge in [0.1, 0.15) is 10.8 Å². The zero-order chi connectivity index (χ0) is 15.6. The lowest BCUT2D eigenvalue weighted by atomic mass is 10.1. The van der Waals surface area contributed by atoms with Gasteiger partial charge in [-0.25, -0.2) is 17.7 Å². The predicted molar refractivity (Wildman–Crippen MR) is 81.2 cm³/mol. The van der Waals surface area contributed by atoms with Crippen LogP contribution in [0.2, 0.25) is 10.2 Å². The van der Waals surface area contributed by atoms with Crippen LogP contribution in [0.4, 0.5) is 0 Å². The lowest BCUT2D eigenvalue weighted by Crippen LogP contribution is -2.46. The first-order valence-corrected chi connectivity index (χ1v) is 8.96. The Hall–Kier alpha value is -0.890. The number of nitrogens with zero attached hydrogens (tertiary/aromatic N) is 2. The molecule has 1 aromatic heterocycles. The van der Waals surface area contributed by atoms with Crippen LogP contribution in [0.25, 0.3) is 0 Å². The highest BCUT2D eigenvalue weighted by Gasteiger charge is 2.26. The fraction of sp³-hybridized carbons (Fsp3) is 0.500. The van der Waals surface area contributed by atoms with Crippen LogP contribution in [-0.2, 0) is 10.0 Å². The van der Waals surface area contributed by atoms with Crippen molar-refractivity contribution in [2.24, 2.45) is 0 Å². The topological polar surface area (TPSA) is 79.4 Å². The molecule has 0 radical (unpaired) electrons. The summed E-state index contributed by atoms with van der Waals surface area (Å²) >= 11 is 11.7. The lowest BCUT2D eigenvalue weighted by Gasteiger charge is -2.30. The number of piperidine rings is 1. The van der Waals surface area contributed by atoms with Gasteiger partial charge in [0.05, 0.1) is 11.3 Å². The highest BCUT2D eigenvalue weighted by molar-refractivity contribution is 7.88. The Labute approximate surface area is 133 Å². The normalized spacial score (nSPS) is 17.7. The number of pyridine rings is 1. The summed E-state index contributed by atoms with van der Waals surface area (Å²) in [7, 11) is -3.17. The number of halogens is 2. The average molecular weight is 352 g/mol. The Morgan fingerprint density at radius 1 is 1.33 bits per heavy atom. The van der Waals surface area contributed by atoms with Gasteiger partial charge in [-0.3, -0.25) is 4.79 Å². The molecule has 1 aliphatic heterocycles. The van der Waals surface area contributed by atoms with Gasteiger partial charge in [-0.15, -0.1) is 0 Å². The summed E-state index contributed by atoms with van der Waals surface area (Å²) < 4.78 is 24.2. The first-order valence-electron chi connectivity index (χ1n) is 6.35. The van der Waals surface area contributed by atoms with Crippen LogP contribution in [0.15, 0.2) is 12.1 Å². The molecule has 2 heterocycles. The first-order chi connectivity index (χ1) is 9.77. The minimum atomic E-state index is -3.17. The van der Waals surface area contributed by atoms with Crippen LogP contribution in [0.5, 0.6) is 0 Å². The number of rotatable bonds is 3. The molecule has 1 aromatic rings. The monoisotopic (exact) mass is 351 g/mol. The standard InChI is InChI=1S/C12H15Cl2N3O3S/c1-21(19,20)17-6-4-8(5-7-17)15-12(18)11-9(13)2-3-10(14)16-11/h2-3,8H,4-7H2,1H3,(H,15,18). The van der Waals surface area contributed by atoms with Crippen molar-refractivity contribution in [3.8, 4) is 0 Å². The molecule has 1 N–H and O–H groups in total. The maximum atomic E-state index is 12.1. The molecule has 0 unspecified atom stereocenters. The molecule has 2 rings (SSSR count). The summed E-state index contributed by atoms with van der Waals surface area (Å²) in [4.78, 5) is 16.0. The van der Waals surface area contributed by atoms with E-state index in [9.17, 15) is 13.2 Å². The average Bonchev–Trinajstić information content (AvgIpc) is 2.41. The lowest BCUT2D eigenvalue weighted by molar-refractivity contribution is 0.0919. The minimum Gasteiger partial charge on any atom is -0.348 e. The van der Waals surface area contributed by atoms with Crippen LogP contribution >= 0.6 is 23.2 Å². The van der Waals surface area contributed by atoms with Crippen LogP contribution < -0.4 is 5.32 Å². The maximum absolute atomic E-state index is 12.1. The number of hydrogen-bond acceptors (Lipinski definition) is 4. The van der Waals surface area contributed by atoms with Crippen LogP contribution in [-0.4, -0.2) is 49.0 Å². The molecule has 0 aromatic carbocycles. The molecule has 1 fully saturated rings. The van der Waals surface area contributed by atoms with Gasteiger partial charge in [0.25, 0.3) is 5.91 Å². The van der Waals surface area contributed by atoms with Gasteiger partial charge in [0.15, 0.2) is 0 Å². The van der Waals surface area contributed by atoms with Gasteiger partial charge in [-0.1, -0.05) is 23.2 Å². The van der Waals surface area contributed by atoms with Crippen molar-refractivity contribution < 1.29 is 13.2 Å². The molecular weight excluding hydrogens is 337 g/mol. The van der Waals surface area contributed by atoms with Gasteiger partial charge in [0, 0.05) is 19.1 Å². The van der Waals surface area contributed by atoms with Gasteiger partial charge < -0.3 is 5.32 Å². The van der Waals surface area contributed by atoms with E-state index in [1.54, 1.807) is 0 Å². The third-order valence-corrected chi connectivity index (χ3v) is 5.10. The zero-order valence-corrected chi connectivity index (χ0v) is 13.7. The molecule has 1 amide bonds. The number of aromatic nitrogens is 1. The summed E-state index contributed by atoms with van der Waals surface area (Å²) in [6.45, 7) is 0.779. The van der Waals surface area contributed by atoms with E-state index < -0.39 is 15.9 Å². The summed E-state index contributed by atoms with van der Waals surface area (Å²) in [5.74, 6) is -0.402. The van der Waals surface area contributed by atoms with Crippen molar-refractivity contribution in [3.63, 3.8) is 0 Å². The number of sulfonamides is 1.